The maximum atomic E-state index is 12.2. The summed E-state index contributed by atoms with van der Waals surface area (Å²) in [6.45, 7) is 4.10. The lowest BCUT2D eigenvalue weighted by Gasteiger charge is -2.44. The molecule has 1 fully saturated rings. The topological polar surface area (TPSA) is 180 Å². The molecule has 14 nitrogen and oxygen atoms in total. The van der Waals surface area contributed by atoms with Crippen LogP contribution < -0.4 is 16.2 Å². The van der Waals surface area contributed by atoms with E-state index in [0.717, 1.165) is 27.7 Å². The molecule has 0 saturated carbocycles. The van der Waals surface area contributed by atoms with Crippen molar-refractivity contribution in [2.24, 2.45) is 0 Å². The van der Waals surface area contributed by atoms with Crippen LogP contribution in [0.1, 0.15) is 38.1 Å². The van der Waals surface area contributed by atoms with E-state index >= 15 is 0 Å². The molecule has 1 amide bonds. The first-order valence-corrected chi connectivity index (χ1v) is 11.0. The molecule has 0 bridgehead atoms. The second-order valence-electron chi connectivity index (χ2n) is 7.41. The Kier molecular flexibility index (Phi) is 10.5. The number of esters is 4. The van der Waals surface area contributed by atoms with Crippen molar-refractivity contribution in [3.63, 3.8) is 0 Å². The molecule has 2 rings (SSSR count). The van der Waals surface area contributed by atoms with Gasteiger partial charge in [0, 0.05) is 45.7 Å². The van der Waals surface area contributed by atoms with Gasteiger partial charge in [0.15, 0.2) is 29.7 Å². The Labute approximate surface area is 211 Å². The van der Waals surface area contributed by atoms with Crippen LogP contribution >= 0.6 is 12.2 Å². The summed E-state index contributed by atoms with van der Waals surface area (Å²) in [5.41, 5.74) is 5.13. The molecule has 15 heteroatoms. The highest BCUT2D eigenvalue weighted by molar-refractivity contribution is 7.80. The third-order valence-corrected chi connectivity index (χ3v) is 4.72. The number of carbonyl (C=O) groups is 5. The largest absolute Gasteiger partial charge is 0.463 e. The summed E-state index contributed by atoms with van der Waals surface area (Å²) >= 11 is 5.19. The third-order valence-electron chi connectivity index (χ3n) is 4.50. The predicted molar refractivity (Wildman–Crippen MR) is 123 cm³/mol. The van der Waals surface area contributed by atoms with Gasteiger partial charge in [0.2, 0.25) is 0 Å². The lowest BCUT2D eigenvalue weighted by molar-refractivity contribution is -0.254. The summed E-state index contributed by atoms with van der Waals surface area (Å²) < 4.78 is 26.8. The van der Waals surface area contributed by atoms with Gasteiger partial charge in [-0.05, 0) is 24.4 Å². The summed E-state index contributed by atoms with van der Waals surface area (Å²) in [5.74, 6) is -3.46. The number of nitrogens with zero attached hydrogens (tertiary/aromatic N) is 1. The summed E-state index contributed by atoms with van der Waals surface area (Å²) in [7, 11) is 0. The highest BCUT2D eigenvalue weighted by atomic mass is 32.1. The number of carbonyl (C=O) groups excluding carboxylic acids is 5. The third kappa shape index (κ3) is 8.74. The first kappa shape index (κ1) is 28.4. The van der Waals surface area contributed by atoms with Gasteiger partial charge >= 0.3 is 23.9 Å². The van der Waals surface area contributed by atoms with Gasteiger partial charge in [-0.1, -0.05) is 0 Å². The van der Waals surface area contributed by atoms with Crippen LogP contribution in [0.5, 0.6) is 0 Å². The van der Waals surface area contributed by atoms with E-state index in [0.29, 0.717) is 5.56 Å². The molecule has 1 aliphatic rings. The molecule has 1 aliphatic heterocycles. The average molecular weight is 527 g/mol. The molecule has 3 N–H and O–H groups in total. The van der Waals surface area contributed by atoms with Crippen LogP contribution in [0.2, 0.25) is 0 Å². The van der Waals surface area contributed by atoms with Gasteiger partial charge in [0.25, 0.3) is 5.91 Å². The fourth-order valence-corrected chi connectivity index (χ4v) is 3.37. The Morgan fingerprint density at radius 1 is 0.861 bits per heavy atom. The number of ether oxygens (including phenoxy) is 5. The van der Waals surface area contributed by atoms with Gasteiger partial charge < -0.3 is 29.0 Å². The molecule has 1 saturated heterocycles. The zero-order valence-electron chi connectivity index (χ0n) is 19.8. The maximum absolute atomic E-state index is 12.2. The Morgan fingerprint density at radius 3 is 1.97 bits per heavy atom. The smallest absolute Gasteiger partial charge is 0.303 e. The number of hydrazine groups is 1. The number of pyridine rings is 1. The van der Waals surface area contributed by atoms with Crippen molar-refractivity contribution in [2.45, 2.75) is 58.3 Å². The maximum Gasteiger partial charge on any atom is 0.303 e. The Bertz CT molecular complexity index is 992. The summed E-state index contributed by atoms with van der Waals surface area (Å²) in [6.07, 6.45) is -3.60. The Hall–Kier alpha value is -3.85. The number of rotatable bonds is 7. The van der Waals surface area contributed by atoms with Crippen LogP contribution in [0.25, 0.3) is 0 Å². The van der Waals surface area contributed by atoms with Crippen LogP contribution in [-0.4, -0.2) is 77.1 Å². The SMILES string of the molecule is CC(=O)OC[C@H]1O[C@H](NC(=S)NNC(=O)c2ccncc2)[C@@H](OC(C)=O)[C@H](OC(C)=O)[C@H]1OC(C)=O. The first-order valence-electron chi connectivity index (χ1n) is 10.5. The monoisotopic (exact) mass is 526 g/mol. The highest BCUT2D eigenvalue weighted by Crippen LogP contribution is 2.28. The predicted octanol–water partition coefficient (Wildman–Crippen LogP) is -0.726. The zero-order chi connectivity index (χ0) is 26.8. The van der Waals surface area contributed by atoms with E-state index in [1.54, 1.807) is 0 Å². The van der Waals surface area contributed by atoms with E-state index in [2.05, 4.69) is 21.2 Å². The molecule has 1 aromatic heterocycles. The van der Waals surface area contributed by atoms with Gasteiger partial charge in [-0.2, -0.15) is 0 Å². The van der Waals surface area contributed by atoms with Crippen LogP contribution in [0, 0.1) is 0 Å². The van der Waals surface area contributed by atoms with Gasteiger partial charge in [0.1, 0.15) is 12.7 Å². The number of hydrogen-bond donors (Lipinski definition) is 3. The number of hydrogen-bond acceptors (Lipinski definition) is 12. The molecule has 1 aromatic rings. The molecule has 36 heavy (non-hydrogen) atoms. The summed E-state index contributed by atoms with van der Waals surface area (Å²) in [4.78, 5) is 62.9. The lowest BCUT2D eigenvalue weighted by atomic mass is 9.97. The van der Waals surface area contributed by atoms with E-state index in [1.165, 1.54) is 24.5 Å². The molecule has 0 unspecified atom stereocenters. The normalized spacial score (nSPS) is 22.8. The van der Waals surface area contributed by atoms with Crippen LogP contribution in [0.3, 0.4) is 0 Å². The van der Waals surface area contributed by atoms with Crippen molar-refractivity contribution in [2.75, 3.05) is 6.61 Å². The second-order valence-corrected chi connectivity index (χ2v) is 7.82. The minimum atomic E-state index is -1.36. The van der Waals surface area contributed by atoms with E-state index in [4.69, 9.17) is 35.9 Å². The number of amides is 1. The molecule has 0 aliphatic carbocycles. The van der Waals surface area contributed by atoms with Crippen molar-refractivity contribution in [1.29, 1.82) is 0 Å². The van der Waals surface area contributed by atoms with Crippen molar-refractivity contribution < 1.29 is 47.7 Å². The first-order chi connectivity index (χ1) is 17.0. The Morgan fingerprint density at radius 2 is 1.42 bits per heavy atom. The van der Waals surface area contributed by atoms with Crippen molar-refractivity contribution in [1.82, 2.24) is 21.2 Å². The van der Waals surface area contributed by atoms with E-state index < -0.39 is 67.0 Å². The second kappa shape index (κ2) is 13.3. The highest BCUT2D eigenvalue weighted by Gasteiger charge is 2.52. The van der Waals surface area contributed by atoms with Crippen molar-refractivity contribution in [3.8, 4) is 0 Å². The van der Waals surface area contributed by atoms with E-state index in [-0.39, 0.29) is 5.11 Å². The average Bonchev–Trinajstić information content (AvgIpc) is 2.79. The number of thiocarbonyl (C=S) groups is 1. The standard InChI is InChI=1S/C21H26N4O10S/c1-10(26)31-9-15-16(32-11(2)27)17(33-12(3)28)18(34-13(4)29)20(35-15)23-21(36)25-24-19(30)14-5-7-22-8-6-14/h5-8,15-18,20H,9H2,1-4H3,(H,24,30)(H2,23,25,36)/t15-,16+,17-,18+,20+/m1/s1. The minimum Gasteiger partial charge on any atom is -0.463 e. The fraction of sp³-hybridized carbons (Fsp3) is 0.476. The summed E-state index contributed by atoms with van der Waals surface area (Å²) in [5, 5.41) is 2.53. The summed E-state index contributed by atoms with van der Waals surface area (Å²) in [6, 6.07) is 2.96. The minimum absolute atomic E-state index is 0.168. The fourth-order valence-electron chi connectivity index (χ4n) is 3.20. The lowest BCUT2D eigenvalue weighted by Crippen LogP contribution is -2.67. The van der Waals surface area contributed by atoms with E-state index in [1.807, 2.05) is 0 Å². The van der Waals surface area contributed by atoms with Crippen molar-refractivity contribution >= 4 is 47.1 Å². The van der Waals surface area contributed by atoms with Gasteiger partial charge in [0.05, 0.1) is 0 Å². The molecule has 0 spiro atoms. The van der Waals surface area contributed by atoms with E-state index in [9.17, 15) is 24.0 Å². The number of aromatic nitrogens is 1. The van der Waals surface area contributed by atoms with Gasteiger partial charge in [-0.3, -0.25) is 39.8 Å². The molecular weight excluding hydrogens is 500 g/mol. The van der Waals surface area contributed by atoms with Crippen LogP contribution in [0.15, 0.2) is 24.5 Å². The zero-order valence-corrected chi connectivity index (χ0v) is 20.7. The molecule has 0 radical (unpaired) electrons. The molecule has 2 heterocycles. The van der Waals surface area contributed by atoms with Gasteiger partial charge in [-0.15, -0.1) is 0 Å². The molecular formula is C21H26N4O10S. The van der Waals surface area contributed by atoms with Crippen molar-refractivity contribution in [3.05, 3.63) is 30.1 Å². The number of nitrogens with one attached hydrogen (secondary N) is 3. The molecule has 5 atom stereocenters. The molecule has 0 aromatic carbocycles. The Balaban J connectivity index is 2.26. The molecule has 196 valence electrons. The quantitative estimate of drug-likeness (QED) is 0.175. The van der Waals surface area contributed by atoms with Crippen LogP contribution in [0.4, 0.5) is 0 Å². The van der Waals surface area contributed by atoms with Gasteiger partial charge in [-0.25, -0.2) is 0 Å². The van der Waals surface area contributed by atoms with Crippen LogP contribution in [-0.2, 0) is 42.9 Å².